The van der Waals surface area contributed by atoms with Crippen LogP contribution in [0.2, 0.25) is 0 Å². The van der Waals surface area contributed by atoms with E-state index in [4.69, 9.17) is 0 Å². The number of carboxylic acids is 1. The summed E-state index contributed by atoms with van der Waals surface area (Å²) in [5.41, 5.74) is 0.573. The van der Waals surface area contributed by atoms with Crippen molar-refractivity contribution in [1.82, 2.24) is 14.5 Å². The molecule has 0 radical (unpaired) electrons. The molecule has 2 saturated carbocycles. The summed E-state index contributed by atoms with van der Waals surface area (Å²) in [7, 11) is 0. The highest BCUT2D eigenvalue weighted by molar-refractivity contribution is 5.88. The molecule has 6 heteroatoms. The molecule has 0 amide bonds. The fraction of sp³-hybridized carbons (Fsp3) is 0.667. The van der Waals surface area contributed by atoms with E-state index in [0.29, 0.717) is 23.6 Å². The molecule has 1 N–H and O–H groups in total. The standard InChI is InChI=1S/C27H35N3O3/c1-16-12-17-6-4-7-18(13-16)25(17)29-19-8-5-9-20(29)15-21(14-19)30-23-11-3-2-10-22(23)28-24(26(30)31)27(32)33/h2-3,10-11,16-21,25H,4-9,12-15H2,1H3,(H,32,33)/t16-,17?,18?,19-,20+,21+,25+. The lowest BCUT2D eigenvalue weighted by Gasteiger charge is -2.59. The van der Waals surface area contributed by atoms with Crippen LogP contribution < -0.4 is 5.56 Å². The van der Waals surface area contributed by atoms with Gasteiger partial charge in [0.1, 0.15) is 0 Å². The lowest BCUT2D eigenvalue weighted by Crippen LogP contribution is -2.62. The van der Waals surface area contributed by atoms with Gasteiger partial charge in [0.05, 0.1) is 11.0 Å². The number of para-hydroxylation sites is 2. The summed E-state index contributed by atoms with van der Waals surface area (Å²) >= 11 is 0. The quantitative estimate of drug-likeness (QED) is 0.724. The van der Waals surface area contributed by atoms with E-state index < -0.39 is 11.5 Å². The average Bonchev–Trinajstić information content (AvgIpc) is 2.77. The highest BCUT2D eigenvalue weighted by Gasteiger charge is 2.49. The zero-order valence-corrected chi connectivity index (χ0v) is 19.5. The van der Waals surface area contributed by atoms with Crippen LogP contribution in [0, 0.1) is 17.8 Å². The maximum atomic E-state index is 13.3. The SMILES string of the molecule is C[C@H]1CC2CCCC(C1)[C@@H]2N1[C@@H]2CCC[C@H]1C[C@@H](n1c(=O)c(C(=O)O)nc3ccccc31)C2. The number of fused-ring (bicyclic) bond motifs is 6. The summed E-state index contributed by atoms with van der Waals surface area (Å²) in [6.45, 7) is 2.44. The van der Waals surface area contributed by atoms with E-state index in [0.717, 1.165) is 36.1 Å². The summed E-state index contributed by atoms with van der Waals surface area (Å²) in [6, 6.07) is 9.26. The normalized spacial score (nSPS) is 36.6. The predicted octanol–water partition coefficient (Wildman–Crippen LogP) is 4.87. The molecular formula is C27H35N3O3. The molecule has 3 heterocycles. The van der Waals surface area contributed by atoms with E-state index in [-0.39, 0.29) is 11.7 Å². The maximum Gasteiger partial charge on any atom is 0.360 e. The molecule has 2 aliphatic heterocycles. The zero-order valence-electron chi connectivity index (χ0n) is 19.5. The van der Waals surface area contributed by atoms with E-state index in [9.17, 15) is 14.7 Å². The molecule has 4 aliphatic rings. The molecule has 2 aliphatic carbocycles. The summed E-state index contributed by atoms with van der Waals surface area (Å²) in [6.07, 6.45) is 12.4. The molecule has 176 valence electrons. The molecule has 1 aromatic heterocycles. The minimum absolute atomic E-state index is 0.0393. The van der Waals surface area contributed by atoms with Crippen LogP contribution in [-0.4, -0.2) is 43.7 Å². The molecule has 4 bridgehead atoms. The Morgan fingerprint density at radius 2 is 1.58 bits per heavy atom. The van der Waals surface area contributed by atoms with Crippen molar-refractivity contribution in [3.8, 4) is 0 Å². The molecule has 0 spiro atoms. The first-order valence-corrected chi connectivity index (χ1v) is 13.0. The second-order valence-corrected chi connectivity index (χ2v) is 11.3. The van der Waals surface area contributed by atoms with E-state index in [1.165, 1.54) is 51.4 Å². The number of aromatic carboxylic acids is 1. The number of carboxylic acid groups (broad SMARTS) is 1. The molecule has 2 saturated heterocycles. The van der Waals surface area contributed by atoms with Crippen molar-refractivity contribution in [3.05, 3.63) is 40.3 Å². The Labute approximate surface area is 195 Å². The molecule has 33 heavy (non-hydrogen) atoms. The average molecular weight is 450 g/mol. The van der Waals surface area contributed by atoms with Crippen molar-refractivity contribution in [1.29, 1.82) is 0 Å². The molecule has 1 aromatic carbocycles. The van der Waals surface area contributed by atoms with Gasteiger partial charge in [0, 0.05) is 24.2 Å². The fourth-order valence-corrected chi connectivity index (χ4v) is 8.24. The molecule has 2 unspecified atom stereocenters. The minimum Gasteiger partial charge on any atom is -0.476 e. The molecule has 6 rings (SSSR count). The highest BCUT2D eigenvalue weighted by atomic mass is 16.4. The summed E-state index contributed by atoms with van der Waals surface area (Å²) in [5, 5.41) is 9.65. The number of carbonyl (C=O) groups is 1. The number of hydrogen-bond acceptors (Lipinski definition) is 4. The third kappa shape index (κ3) is 3.52. The third-order valence-electron chi connectivity index (χ3n) is 9.24. The molecule has 4 fully saturated rings. The van der Waals surface area contributed by atoms with Gasteiger partial charge < -0.3 is 9.67 Å². The lowest BCUT2D eigenvalue weighted by atomic mass is 9.63. The highest BCUT2D eigenvalue weighted by Crippen LogP contribution is 2.50. The molecule has 2 aromatic rings. The van der Waals surface area contributed by atoms with Crippen LogP contribution in [0.5, 0.6) is 0 Å². The number of piperidine rings is 2. The summed E-state index contributed by atoms with van der Waals surface area (Å²) < 4.78 is 1.79. The van der Waals surface area contributed by atoms with Gasteiger partial charge in [0.15, 0.2) is 0 Å². The Morgan fingerprint density at radius 3 is 2.24 bits per heavy atom. The van der Waals surface area contributed by atoms with Gasteiger partial charge in [0.2, 0.25) is 5.69 Å². The number of rotatable bonds is 3. The number of nitrogens with zero attached hydrogens (tertiary/aromatic N) is 3. The lowest BCUT2D eigenvalue weighted by molar-refractivity contribution is -0.0893. The Balaban J connectivity index is 1.37. The monoisotopic (exact) mass is 449 g/mol. The van der Waals surface area contributed by atoms with E-state index >= 15 is 0 Å². The summed E-state index contributed by atoms with van der Waals surface area (Å²) in [5.74, 6) is 1.27. The van der Waals surface area contributed by atoms with Gasteiger partial charge in [-0.05, 0) is 81.3 Å². The second-order valence-electron chi connectivity index (χ2n) is 11.3. The maximum absolute atomic E-state index is 13.3. The first-order valence-electron chi connectivity index (χ1n) is 13.0. The topological polar surface area (TPSA) is 75.4 Å². The Hall–Kier alpha value is -2.21. The summed E-state index contributed by atoms with van der Waals surface area (Å²) in [4.78, 5) is 32.3. The van der Waals surface area contributed by atoms with Gasteiger partial charge in [-0.1, -0.05) is 31.9 Å². The van der Waals surface area contributed by atoms with Gasteiger partial charge >= 0.3 is 5.97 Å². The van der Waals surface area contributed by atoms with Gasteiger partial charge in [0.25, 0.3) is 5.56 Å². The van der Waals surface area contributed by atoms with Crippen LogP contribution in [0.15, 0.2) is 29.1 Å². The minimum atomic E-state index is -1.23. The van der Waals surface area contributed by atoms with Crippen molar-refractivity contribution in [2.75, 3.05) is 0 Å². The van der Waals surface area contributed by atoms with Crippen LogP contribution in [-0.2, 0) is 0 Å². The Morgan fingerprint density at radius 1 is 0.939 bits per heavy atom. The fourth-order valence-electron chi connectivity index (χ4n) is 8.24. The number of hydrogen-bond donors (Lipinski definition) is 1. The van der Waals surface area contributed by atoms with Gasteiger partial charge in [-0.25, -0.2) is 9.78 Å². The first-order chi connectivity index (χ1) is 16.0. The van der Waals surface area contributed by atoms with Gasteiger partial charge in [-0.15, -0.1) is 0 Å². The van der Waals surface area contributed by atoms with Crippen LogP contribution in [0.4, 0.5) is 0 Å². The van der Waals surface area contributed by atoms with Crippen molar-refractivity contribution >= 4 is 17.0 Å². The van der Waals surface area contributed by atoms with E-state index in [2.05, 4.69) is 16.8 Å². The van der Waals surface area contributed by atoms with Crippen molar-refractivity contribution in [2.45, 2.75) is 95.3 Å². The zero-order chi connectivity index (χ0) is 22.7. The van der Waals surface area contributed by atoms with Crippen LogP contribution in [0.1, 0.15) is 87.7 Å². The van der Waals surface area contributed by atoms with Crippen LogP contribution in [0.3, 0.4) is 0 Å². The van der Waals surface area contributed by atoms with Crippen molar-refractivity contribution in [3.63, 3.8) is 0 Å². The molecular weight excluding hydrogens is 414 g/mol. The second kappa shape index (κ2) is 8.23. The Bertz CT molecular complexity index is 1100. The van der Waals surface area contributed by atoms with Crippen molar-refractivity contribution < 1.29 is 9.90 Å². The first kappa shape index (κ1) is 21.3. The van der Waals surface area contributed by atoms with E-state index in [1.807, 2.05) is 24.3 Å². The van der Waals surface area contributed by atoms with Crippen LogP contribution >= 0.6 is 0 Å². The third-order valence-corrected chi connectivity index (χ3v) is 9.24. The Kier molecular flexibility index (Phi) is 5.32. The van der Waals surface area contributed by atoms with Gasteiger partial charge in [-0.3, -0.25) is 9.69 Å². The van der Waals surface area contributed by atoms with Crippen LogP contribution in [0.25, 0.3) is 11.0 Å². The number of benzene rings is 1. The van der Waals surface area contributed by atoms with Gasteiger partial charge in [-0.2, -0.15) is 0 Å². The van der Waals surface area contributed by atoms with E-state index in [1.54, 1.807) is 4.57 Å². The predicted molar refractivity (Wildman–Crippen MR) is 128 cm³/mol. The number of aromatic nitrogens is 2. The molecule has 5 atom stereocenters. The molecule has 6 nitrogen and oxygen atoms in total. The smallest absolute Gasteiger partial charge is 0.360 e. The largest absolute Gasteiger partial charge is 0.476 e. The van der Waals surface area contributed by atoms with Crippen molar-refractivity contribution in [2.24, 2.45) is 17.8 Å².